The first kappa shape index (κ1) is 15.3. The van der Waals surface area contributed by atoms with Crippen molar-refractivity contribution in [1.82, 2.24) is 10.2 Å². The third-order valence-electron chi connectivity index (χ3n) is 4.66. The molecule has 19 heavy (non-hydrogen) atoms. The van der Waals surface area contributed by atoms with Crippen LogP contribution in [0.15, 0.2) is 0 Å². The topological polar surface area (TPSA) is 24.5 Å². The van der Waals surface area contributed by atoms with Crippen molar-refractivity contribution in [1.29, 1.82) is 0 Å². The molecule has 0 spiro atoms. The van der Waals surface area contributed by atoms with Crippen LogP contribution in [0.25, 0.3) is 0 Å². The summed E-state index contributed by atoms with van der Waals surface area (Å²) < 4.78 is 5.65. The second kappa shape index (κ2) is 8.23. The zero-order valence-corrected chi connectivity index (χ0v) is 12.9. The molecule has 3 heteroatoms. The van der Waals surface area contributed by atoms with Gasteiger partial charge in [-0.05, 0) is 38.6 Å². The van der Waals surface area contributed by atoms with Crippen LogP contribution in [0, 0.1) is 5.92 Å². The number of ether oxygens (including phenoxy) is 1. The summed E-state index contributed by atoms with van der Waals surface area (Å²) in [6, 6.07) is 0.700. The molecular weight excluding hydrogens is 236 g/mol. The van der Waals surface area contributed by atoms with Gasteiger partial charge in [0.2, 0.25) is 0 Å². The predicted molar refractivity (Wildman–Crippen MR) is 80.5 cm³/mol. The maximum absolute atomic E-state index is 5.65. The number of rotatable bonds is 6. The van der Waals surface area contributed by atoms with E-state index in [0.29, 0.717) is 12.1 Å². The Kier molecular flexibility index (Phi) is 6.62. The van der Waals surface area contributed by atoms with E-state index in [1.807, 2.05) is 0 Å². The van der Waals surface area contributed by atoms with Crippen LogP contribution in [0.4, 0.5) is 0 Å². The fourth-order valence-corrected chi connectivity index (χ4v) is 3.58. The second-order valence-electron chi connectivity index (χ2n) is 6.40. The van der Waals surface area contributed by atoms with Gasteiger partial charge in [0.25, 0.3) is 0 Å². The van der Waals surface area contributed by atoms with Gasteiger partial charge in [0.15, 0.2) is 0 Å². The first-order chi connectivity index (χ1) is 9.29. The molecule has 112 valence electrons. The van der Waals surface area contributed by atoms with Crippen molar-refractivity contribution in [2.75, 3.05) is 32.8 Å². The SMILES string of the molecule is CCCNC(CN1CCOC(C)C1)C1CCCCC1. The molecule has 0 aromatic carbocycles. The summed E-state index contributed by atoms with van der Waals surface area (Å²) in [4.78, 5) is 2.61. The summed E-state index contributed by atoms with van der Waals surface area (Å²) in [6.45, 7) is 9.98. The van der Waals surface area contributed by atoms with E-state index in [1.165, 1.54) is 51.6 Å². The molecule has 1 saturated heterocycles. The Balaban J connectivity index is 1.84. The van der Waals surface area contributed by atoms with E-state index in [0.717, 1.165) is 25.6 Å². The summed E-state index contributed by atoms with van der Waals surface area (Å²) >= 11 is 0. The highest BCUT2D eigenvalue weighted by atomic mass is 16.5. The molecule has 1 aliphatic carbocycles. The van der Waals surface area contributed by atoms with Crippen LogP contribution in [-0.4, -0.2) is 49.8 Å². The number of nitrogens with one attached hydrogen (secondary N) is 1. The van der Waals surface area contributed by atoms with E-state index in [2.05, 4.69) is 24.1 Å². The van der Waals surface area contributed by atoms with Crippen LogP contribution in [0.1, 0.15) is 52.4 Å². The first-order valence-corrected chi connectivity index (χ1v) is 8.37. The molecule has 0 bridgehead atoms. The number of hydrogen-bond donors (Lipinski definition) is 1. The molecule has 3 nitrogen and oxygen atoms in total. The van der Waals surface area contributed by atoms with E-state index >= 15 is 0 Å². The van der Waals surface area contributed by atoms with Crippen LogP contribution in [0.3, 0.4) is 0 Å². The lowest BCUT2D eigenvalue weighted by molar-refractivity contribution is -0.0237. The highest BCUT2D eigenvalue weighted by Crippen LogP contribution is 2.27. The first-order valence-electron chi connectivity index (χ1n) is 8.37. The van der Waals surface area contributed by atoms with Crippen molar-refractivity contribution < 1.29 is 4.74 Å². The molecule has 2 fully saturated rings. The minimum Gasteiger partial charge on any atom is -0.376 e. The molecule has 1 saturated carbocycles. The van der Waals surface area contributed by atoms with Crippen LogP contribution >= 0.6 is 0 Å². The molecule has 1 N–H and O–H groups in total. The van der Waals surface area contributed by atoms with Gasteiger partial charge in [0, 0.05) is 25.7 Å². The van der Waals surface area contributed by atoms with Gasteiger partial charge in [-0.15, -0.1) is 0 Å². The highest BCUT2D eigenvalue weighted by Gasteiger charge is 2.26. The van der Waals surface area contributed by atoms with Gasteiger partial charge in [-0.1, -0.05) is 26.2 Å². The van der Waals surface area contributed by atoms with Crippen LogP contribution in [0.5, 0.6) is 0 Å². The van der Waals surface area contributed by atoms with E-state index in [4.69, 9.17) is 4.74 Å². The number of morpholine rings is 1. The zero-order valence-electron chi connectivity index (χ0n) is 12.9. The quantitative estimate of drug-likeness (QED) is 0.801. The highest BCUT2D eigenvalue weighted by molar-refractivity contribution is 4.83. The van der Waals surface area contributed by atoms with Gasteiger partial charge in [-0.25, -0.2) is 0 Å². The third kappa shape index (κ3) is 5.05. The maximum atomic E-state index is 5.65. The van der Waals surface area contributed by atoms with E-state index in [9.17, 15) is 0 Å². The molecule has 1 aliphatic heterocycles. The Morgan fingerprint density at radius 1 is 1.26 bits per heavy atom. The molecule has 0 radical (unpaired) electrons. The van der Waals surface area contributed by atoms with Gasteiger partial charge >= 0.3 is 0 Å². The van der Waals surface area contributed by atoms with Gasteiger partial charge < -0.3 is 10.1 Å². The summed E-state index contributed by atoms with van der Waals surface area (Å²) in [6.07, 6.45) is 8.84. The summed E-state index contributed by atoms with van der Waals surface area (Å²) in [5, 5.41) is 3.82. The Morgan fingerprint density at radius 2 is 2.05 bits per heavy atom. The lowest BCUT2D eigenvalue weighted by Gasteiger charge is -2.38. The fraction of sp³-hybridized carbons (Fsp3) is 1.00. The standard InChI is InChI=1S/C16H32N2O/c1-3-9-17-16(15-7-5-4-6-8-15)13-18-10-11-19-14(2)12-18/h14-17H,3-13H2,1-2H3. The molecular formula is C16H32N2O. The van der Waals surface area contributed by atoms with Gasteiger partial charge in [0.05, 0.1) is 12.7 Å². The van der Waals surface area contributed by atoms with E-state index in [-0.39, 0.29) is 0 Å². The minimum absolute atomic E-state index is 0.409. The van der Waals surface area contributed by atoms with Gasteiger partial charge in [-0.2, -0.15) is 0 Å². The van der Waals surface area contributed by atoms with Crippen molar-refractivity contribution >= 4 is 0 Å². The van der Waals surface area contributed by atoms with Crippen LogP contribution in [-0.2, 0) is 4.74 Å². The van der Waals surface area contributed by atoms with Crippen molar-refractivity contribution in [3.8, 4) is 0 Å². The lowest BCUT2D eigenvalue weighted by Crippen LogP contribution is -2.51. The van der Waals surface area contributed by atoms with E-state index < -0.39 is 0 Å². The zero-order chi connectivity index (χ0) is 13.5. The van der Waals surface area contributed by atoms with Gasteiger partial charge in [0.1, 0.15) is 0 Å². The normalized spacial score (nSPS) is 28.4. The molecule has 2 aliphatic rings. The predicted octanol–water partition coefficient (Wildman–Crippen LogP) is 2.66. The number of hydrogen-bond acceptors (Lipinski definition) is 3. The Hall–Kier alpha value is -0.120. The fourth-order valence-electron chi connectivity index (χ4n) is 3.58. The molecule has 0 aromatic rings. The summed E-state index contributed by atoms with van der Waals surface area (Å²) in [5.41, 5.74) is 0. The van der Waals surface area contributed by atoms with E-state index in [1.54, 1.807) is 0 Å². The third-order valence-corrected chi connectivity index (χ3v) is 4.66. The second-order valence-corrected chi connectivity index (χ2v) is 6.40. The molecule has 0 amide bonds. The largest absolute Gasteiger partial charge is 0.376 e. The molecule has 2 atom stereocenters. The molecule has 1 heterocycles. The Labute approximate surface area is 119 Å². The average molecular weight is 268 g/mol. The Bertz CT molecular complexity index is 241. The molecule has 2 unspecified atom stereocenters. The monoisotopic (exact) mass is 268 g/mol. The minimum atomic E-state index is 0.409. The average Bonchev–Trinajstić information content (AvgIpc) is 2.44. The molecule has 0 aromatic heterocycles. The van der Waals surface area contributed by atoms with Crippen molar-refractivity contribution in [2.45, 2.75) is 64.5 Å². The van der Waals surface area contributed by atoms with Crippen molar-refractivity contribution in [3.05, 3.63) is 0 Å². The Morgan fingerprint density at radius 3 is 2.74 bits per heavy atom. The molecule has 2 rings (SSSR count). The van der Waals surface area contributed by atoms with Crippen molar-refractivity contribution in [3.63, 3.8) is 0 Å². The van der Waals surface area contributed by atoms with Crippen molar-refractivity contribution in [2.24, 2.45) is 5.92 Å². The smallest absolute Gasteiger partial charge is 0.0674 e. The van der Waals surface area contributed by atoms with Gasteiger partial charge in [-0.3, -0.25) is 4.90 Å². The summed E-state index contributed by atoms with van der Waals surface area (Å²) in [7, 11) is 0. The summed E-state index contributed by atoms with van der Waals surface area (Å²) in [5.74, 6) is 0.901. The van der Waals surface area contributed by atoms with Crippen LogP contribution in [0.2, 0.25) is 0 Å². The maximum Gasteiger partial charge on any atom is 0.0674 e. The lowest BCUT2D eigenvalue weighted by atomic mass is 9.83. The number of nitrogens with zero attached hydrogens (tertiary/aromatic N) is 1. The van der Waals surface area contributed by atoms with Crippen LogP contribution < -0.4 is 5.32 Å².